The summed E-state index contributed by atoms with van der Waals surface area (Å²) in [4.78, 5) is 19.0. The number of halogens is 1. The SMILES string of the molecule is Cc1cc(C(=O)N2CCC(CCc3noc(-c4ccc(F)cc4)n3)CC2)c(C)o1. The van der Waals surface area contributed by atoms with Gasteiger partial charge in [0.15, 0.2) is 5.82 Å². The van der Waals surface area contributed by atoms with Crippen LogP contribution in [-0.2, 0) is 6.42 Å². The third kappa shape index (κ3) is 4.39. The number of hydrogen-bond donors (Lipinski definition) is 0. The number of likely N-dealkylation sites (tertiary alicyclic amines) is 1. The molecule has 152 valence electrons. The van der Waals surface area contributed by atoms with Crippen LogP contribution in [-0.4, -0.2) is 34.0 Å². The largest absolute Gasteiger partial charge is 0.466 e. The molecule has 1 aliphatic rings. The first-order valence-electron chi connectivity index (χ1n) is 9.94. The number of carbonyl (C=O) groups excluding carboxylic acids is 1. The summed E-state index contributed by atoms with van der Waals surface area (Å²) in [7, 11) is 0. The Hall–Kier alpha value is -2.96. The van der Waals surface area contributed by atoms with Crippen molar-refractivity contribution in [1.82, 2.24) is 15.0 Å². The molecule has 1 aromatic carbocycles. The minimum Gasteiger partial charge on any atom is -0.466 e. The second-order valence-corrected chi connectivity index (χ2v) is 7.62. The molecule has 1 amide bonds. The van der Waals surface area contributed by atoms with Crippen molar-refractivity contribution < 1.29 is 18.1 Å². The van der Waals surface area contributed by atoms with E-state index in [-0.39, 0.29) is 11.7 Å². The first kappa shape index (κ1) is 19.4. The van der Waals surface area contributed by atoms with E-state index in [9.17, 15) is 9.18 Å². The van der Waals surface area contributed by atoms with Gasteiger partial charge in [-0.05, 0) is 69.4 Å². The highest BCUT2D eigenvalue weighted by atomic mass is 19.1. The van der Waals surface area contributed by atoms with Gasteiger partial charge < -0.3 is 13.8 Å². The third-order valence-electron chi connectivity index (χ3n) is 5.51. The van der Waals surface area contributed by atoms with E-state index in [2.05, 4.69) is 10.1 Å². The summed E-state index contributed by atoms with van der Waals surface area (Å²) < 4.78 is 23.8. The molecule has 1 saturated heterocycles. The van der Waals surface area contributed by atoms with Gasteiger partial charge in [-0.2, -0.15) is 4.98 Å². The second-order valence-electron chi connectivity index (χ2n) is 7.62. The molecular formula is C22H24FN3O3. The fourth-order valence-electron chi connectivity index (χ4n) is 3.84. The van der Waals surface area contributed by atoms with Gasteiger partial charge in [0.2, 0.25) is 0 Å². The van der Waals surface area contributed by atoms with Gasteiger partial charge in [-0.15, -0.1) is 0 Å². The van der Waals surface area contributed by atoms with Crippen molar-refractivity contribution in [2.75, 3.05) is 13.1 Å². The number of piperidine rings is 1. The van der Waals surface area contributed by atoms with Crippen LogP contribution in [0.25, 0.3) is 11.5 Å². The Morgan fingerprint density at radius 1 is 1.21 bits per heavy atom. The zero-order chi connectivity index (χ0) is 20.4. The van der Waals surface area contributed by atoms with E-state index in [0.29, 0.717) is 34.5 Å². The van der Waals surface area contributed by atoms with Crippen LogP contribution in [0.5, 0.6) is 0 Å². The quantitative estimate of drug-likeness (QED) is 0.631. The standard InChI is InChI=1S/C22H24FN3O3/c1-14-13-19(15(2)28-14)22(27)26-11-9-16(10-12-26)3-8-20-24-21(29-25-20)17-4-6-18(23)7-5-17/h4-7,13,16H,3,8-12H2,1-2H3. The van der Waals surface area contributed by atoms with Gasteiger partial charge in [-0.1, -0.05) is 5.16 Å². The van der Waals surface area contributed by atoms with Crippen molar-refractivity contribution in [3.8, 4) is 11.5 Å². The molecule has 2 aromatic heterocycles. The number of aromatic nitrogens is 2. The van der Waals surface area contributed by atoms with Crippen LogP contribution in [0.2, 0.25) is 0 Å². The van der Waals surface area contributed by atoms with E-state index in [1.165, 1.54) is 12.1 Å². The zero-order valence-electron chi connectivity index (χ0n) is 16.7. The average molecular weight is 397 g/mol. The van der Waals surface area contributed by atoms with Crippen LogP contribution in [0, 0.1) is 25.6 Å². The van der Waals surface area contributed by atoms with Crippen molar-refractivity contribution in [3.05, 3.63) is 59.1 Å². The smallest absolute Gasteiger partial charge is 0.257 e. The zero-order valence-corrected chi connectivity index (χ0v) is 16.7. The molecule has 3 aromatic rings. The monoisotopic (exact) mass is 397 g/mol. The number of aryl methyl sites for hydroxylation is 3. The van der Waals surface area contributed by atoms with Gasteiger partial charge in [0.05, 0.1) is 5.56 Å². The van der Waals surface area contributed by atoms with Crippen LogP contribution in [0.15, 0.2) is 39.3 Å². The van der Waals surface area contributed by atoms with Crippen LogP contribution < -0.4 is 0 Å². The van der Waals surface area contributed by atoms with E-state index in [4.69, 9.17) is 8.94 Å². The number of hydrogen-bond acceptors (Lipinski definition) is 5. The highest BCUT2D eigenvalue weighted by molar-refractivity contribution is 5.95. The molecule has 0 atom stereocenters. The molecule has 0 unspecified atom stereocenters. The number of carbonyl (C=O) groups is 1. The minimum atomic E-state index is -0.295. The maximum Gasteiger partial charge on any atom is 0.257 e. The molecule has 7 heteroatoms. The Morgan fingerprint density at radius 2 is 1.93 bits per heavy atom. The molecule has 0 bridgehead atoms. The highest BCUT2D eigenvalue weighted by Gasteiger charge is 2.26. The Bertz CT molecular complexity index is 985. The minimum absolute atomic E-state index is 0.0555. The predicted octanol–water partition coefficient (Wildman–Crippen LogP) is 4.57. The summed E-state index contributed by atoms with van der Waals surface area (Å²) in [6.07, 6.45) is 3.60. The van der Waals surface area contributed by atoms with Crippen LogP contribution >= 0.6 is 0 Å². The normalized spacial score (nSPS) is 15.1. The lowest BCUT2D eigenvalue weighted by Gasteiger charge is -2.31. The second kappa shape index (κ2) is 8.19. The van der Waals surface area contributed by atoms with E-state index in [1.54, 1.807) is 12.1 Å². The summed E-state index contributed by atoms with van der Waals surface area (Å²) in [5, 5.41) is 4.04. The molecular weight excluding hydrogens is 373 g/mol. The molecule has 0 aliphatic carbocycles. The Kier molecular flexibility index (Phi) is 5.47. The summed E-state index contributed by atoms with van der Waals surface area (Å²) >= 11 is 0. The molecule has 29 heavy (non-hydrogen) atoms. The van der Waals surface area contributed by atoms with E-state index >= 15 is 0 Å². The van der Waals surface area contributed by atoms with Gasteiger partial charge in [-0.25, -0.2) is 4.39 Å². The topological polar surface area (TPSA) is 72.4 Å². The predicted molar refractivity (Wildman–Crippen MR) is 105 cm³/mol. The molecule has 1 fully saturated rings. The van der Waals surface area contributed by atoms with E-state index in [0.717, 1.165) is 44.5 Å². The number of benzene rings is 1. The lowest BCUT2D eigenvalue weighted by molar-refractivity contribution is 0.0685. The van der Waals surface area contributed by atoms with Crippen LogP contribution in [0.3, 0.4) is 0 Å². The molecule has 0 saturated carbocycles. The first-order valence-corrected chi connectivity index (χ1v) is 9.94. The van der Waals surface area contributed by atoms with E-state index in [1.807, 2.05) is 24.8 Å². The molecule has 1 aliphatic heterocycles. The van der Waals surface area contributed by atoms with Gasteiger partial charge in [0, 0.05) is 25.1 Å². The lowest BCUT2D eigenvalue weighted by Crippen LogP contribution is -2.38. The summed E-state index contributed by atoms with van der Waals surface area (Å²) in [6, 6.07) is 7.82. The highest BCUT2D eigenvalue weighted by Crippen LogP contribution is 2.25. The van der Waals surface area contributed by atoms with Crippen molar-refractivity contribution in [1.29, 1.82) is 0 Å². The van der Waals surface area contributed by atoms with Crippen LogP contribution in [0.1, 0.15) is 47.0 Å². The van der Waals surface area contributed by atoms with Crippen molar-refractivity contribution in [2.24, 2.45) is 5.92 Å². The maximum atomic E-state index is 13.0. The molecule has 4 rings (SSSR count). The molecule has 0 spiro atoms. The van der Waals surface area contributed by atoms with E-state index < -0.39 is 0 Å². The fourth-order valence-corrected chi connectivity index (χ4v) is 3.84. The average Bonchev–Trinajstić information content (AvgIpc) is 3.33. The van der Waals surface area contributed by atoms with Crippen molar-refractivity contribution in [3.63, 3.8) is 0 Å². The van der Waals surface area contributed by atoms with Crippen molar-refractivity contribution in [2.45, 2.75) is 39.5 Å². The van der Waals surface area contributed by atoms with Crippen molar-refractivity contribution >= 4 is 5.91 Å². The van der Waals surface area contributed by atoms with Gasteiger partial charge in [-0.3, -0.25) is 4.79 Å². The lowest BCUT2D eigenvalue weighted by atomic mass is 9.92. The number of amides is 1. The van der Waals surface area contributed by atoms with Gasteiger partial charge >= 0.3 is 0 Å². The number of rotatable bonds is 5. The summed E-state index contributed by atoms with van der Waals surface area (Å²) in [6.45, 7) is 5.19. The molecule has 6 nitrogen and oxygen atoms in total. The van der Waals surface area contributed by atoms with Gasteiger partial charge in [0.25, 0.3) is 11.8 Å². The Morgan fingerprint density at radius 3 is 2.59 bits per heavy atom. The molecule has 0 N–H and O–H groups in total. The number of nitrogens with zero attached hydrogens (tertiary/aromatic N) is 3. The summed E-state index contributed by atoms with van der Waals surface area (Å²) in [5.74, 6) is 2.80. The van der Waals surface area contributed by atoms with Crippen LogP contribution in [0.4, 0.5) is 4.39 Å². The molecule has 3 heterocycles. The Balaban J connectivity index is 1.28. The summed E-state index contributed by atoms with van der Waals surface area (Å²) in [5.41, 5.74) is 1.38. The first-order chi connectivity index (χ1) is 14.0. The fraction of sp³-hybridized carbons (Fsp3) is 0.409. The third-order valence-corrected chi connectivity index (χ3v) is 5.51. The molecule has 0 radical (unpaired) electrons. The maximum absolute atomic E-state index is 13.0. The van der Waals surface area contributed by atoms with Gasteiger partial charge in [0.1, 0.15) is 17.3 Å². The Labute approximate surface area is 168 Å². The number of furan rings is 1.